The van der Waals surface area contributed by atoms with E-state index in [9.17, 15) is 4.79 Å². The summed E-state index contributed by atoms with van der Waals surface area (Å²) in [6, 6.07) is 6.79. The number of halogens is 1. The molecule has 6 heteroatoms. The lowest BCUT2D eigenvalue weighted by Gasteiger charge is -2.16. The molecular formula is C15H13ClN2O3. The third-order valence-corrected chi connectivity index (χ3v) is 3.23. The fourth-order valence-corrected chi connectivity index (χ4v) is 2.26. The fourth-order valence-electron chi connectivity index (χ4n) is 2.06. The molecule has 0 bridgehead atoms. The van der Waals surface area contributed by atoms with Crippen molar-refractivity contribution in [1.82, 2.24) is 4.98 Å². The highest BCUT2D eigenvalue weighted by atomic mass is 35.5. The Balaban J connectivity index is 1.81. The quantitative estimate of drug-likeness (QED) is 0.922. The Bertz CT molecular complexity index is 716. The average molecular weight is 305 g/mol. The van der Waals surface area contributed by atoms with E-state index in [1.165, 1.54) is 12.4 Å². The van der Waals surface area contributed by atoms with E-state index < -0.39 is 5.79 Å². The van der Waals surface area contributed by atoms with E-state index in [1.54, 1.807) is 24.3 Å². The van der Waals surface area contributed by atoms with Crippen LogP contribution in [0.1, 0.15) is 24.2 Å². The number of carbonyl (C=O) groups is 1. The summed E-state index contributed by atoms with van der Waals surface area (Å²) in [5.41, 5.74) is 0.970. The van der Waals surface area contributed by atoms with Gasteiger partial charge in [-0.15, -0.1) is 0 Å². The molecule has 21 heavy (non-hydrogen) atoms. The highest BCUT2D eigenvalue weighted by Gasteiger charge is 2.31. The molecule has 5 nitrogen and oxygen atoms in total. The molecule has 0 atom stereocenters. The summed E-state index contributed by atoms with van der Waals surface area (Å²) in [5.74, 6) is 0.249. The highest BCUT2D eigenvalue weighted by molar-refractivity contribution is 6.34. The first-order chi connectivity index (χ1) is 9.94. The van der Waals surface area contributed by atoms with Gasteiger partial charge in [-0.2, -0.15) is 0 Å². The Kier molecular flexibility index (Phi) is 3.22. The second kappa shape index (κ2) is 4.93. The molecule has 108 valence electrons. The zero-order chi connectivity index (χ0) is 15.0. The number of nitrogens with zero attached hydrogens (tertiary/aromatic N) is 1. The van der Waals surface area contributed by atoms with Gasteiger partial charge in [0.2, 0.25) is 5.79 Å². The van der Waals surface area contributed by atoms with Crippen molar-refractivity contribution in [3.8, 4) is 11.5 Å². The summed E-state index contributed by atoms with van der Waals surface area (Å²) in [5, 5.41) is 3.07. The van der Waals surface area contributed by atoms with Gasteiger partial charge >= 0.3 is 0 Å². The molecule has 1 aliphatic heterocycles. The molecule has 0 saturated heterocycles. The van der Waals surface area contributed by atoms with E-state index in [-0.39, 0.29) is 5.91 Å². The Labute approximate surface area is 126 Å². The van der Waals surface area contributed by atoms with E-state index in [4.69, 9.17) is 21.1 Å². The first kappa shape index (κ1) is 13.7. The van der Waals surface area contributed by atoms with Crippen molar-refractivity contribution < 1.29 is 14.3 Å². The maximum atomic E-state index is 12.2. The predicted octanol–water partition coefficient (Wildman–Crippen LogP) is 3.49. The molecule has 2 aromatic rings. The number of rotatable bonds is 2. The predicted molar refractivity (Wildman–Crippen MR) is 79.0 cm³/mol. The fraction of sp³-hybridized carbons (Fsp3) is 0.200. The molecule has 1 N–H and O–H groups in total. The SMILES string of the molecule is CC1(C)Oc2ccc(NC(=O)c3ccncc3Cl)cc2O1. The maximum absolute atomic E-state index is 12.2. The number of carbonyl (C=O) groups excluding carboxylic acids is 1. The largest absolute Gasteiger partial charge is 0.449 e. The number of ether oxygens (including phenoxy) is 2. The number of amides is 1. The Morgan fingerprint density at radius 2 is 2.00 bits per heavy atom. The molecule has 1 aliphatic rings. The number of aromatic nitrogens is 1. The van der Waals surface area contributed by atoms with E-state index in [1.807, 2.05) is 13.8 Å². The van der Waals surface area contributed by atoms with Crippen LogP contribution in [0.25, 0.3) is 0 Å². The van der Waals surface area contributed by atoms with Gasteiger partial charge in [-0.05, 0) is 18.2 Å². The number of hydrogen-bond donors (Lipinski definition) is 1. The van der Waals surface area contributed by atoms with Crippen molar-refractivity contribution >= 4 is 23.2 Å². The molecule has 0 saturated carbocycles. The normalized spacial score (nSPS) is 14.8. The van der Waals surface area contributed by atoms with Crippen LogP contribution in [0.3, 0.4) is 0 Å². The van der Waals surface area contributed by atoms with Gasteiger partial charge in [-0.25, -0.2) is 0 Å². The zero-order valence-electron chi connectivity index (χ0n) is 11.5. The van der Waals surface area contributed by atoms with Crippen molar-refractivity contribution in [2.45, 2.75) is 19.6 Å². The van der Waals surface area contributed by atoms with Crippen molar-refractivity contribution in [2.75, 3.05) is 5.32 Å². The highest BCUT2D eigenvalue weighted by Crippen LogP contribution is 2.40. The lowest BCUT2D eigenvalue weighted by Crippen LogP contribution is -2.29. The van der Waals surface area contributed by atoms with Gasteiger partial charge in [0.15, 0.2) is 11.5 Å². The second-order valence-electron chi connectivity index (χ2n) is 5.08. The van der Waals surface area contributed by atoms with Gasteiger partial charge in [0, 0.05) is 38.0 Å². The minimum atomic E-state index is -0.695. The van der Waals surface area contributed by atoms with Crippen molar-refractivity contribution in [3.63, 3.8) is 0 Å². The lowest BCUT2D eigenvalue weighted by molar-refractivity contribution is -0.0431. The topological polar surface area (TPSA) is 60.5 Å². The van der Waals surface area contributed by atoms with Crippen LogP contribution in [-0.2, 0) is 0 Å². The summed E-state index contributed by atoms with van der Waals surface area (Å²) in [4.78, 5) is 16.0. The van der Waals surface area contributed by atoms with Crippen molar-refractivity contribution in [2.24, 2.45) is 0 Å². The molecular weight excluding hydrogens is 292 g/mol. The molecule has 1 aromatic heterocycles. The van der Waals surface area contributed by atoms with Gasteiger partial charge in [0.25, 0.3) is 5.91 Å². The van der Waals surface area contributed by atoms with Crippen LogP contribution >= 0.6 is 11.6 Å². The van der Waals surface area contributed by atoms with Crippen molar-refractivity contribution in [3.05, 3.63) is 47.2 Å². The molecule has 1 aromatic carbocycles. The maximum Gasteiger partial charge on any atom is 0.257 e. The van der Waals surface area contributed by atoms with Crippen LogP contribution in [0.2, 0.25) is 5.02 Å². The van der Waals surface area contributed by atoms with Gasteiger partial charge in [0.1, 0.15) is 0 Å². The summed E-state index contributed by atoms with van der Waals surface area (Å²) in [6.45, 7) is 3.64. The molecule has 0 fully saturated rings. The van der Waals surface area contributed by atoms with Crippen LogP contribution in [0.5, 0.6) is 11.5 Å². The summed E-state index contributed by atoms with van der Waals surface area (Å²) in [6.07, 6.45) is 2.95. The molecule has 0 unspecified atom stereocenters. The minimum Gasteiger partial charge on any atom is -0.449 e. The number of hydrogen-bond acceptors (Lipinski definition) is 4. The van der Waals surface area contributed by atoms with Gasteiger partial charge in [-0.3, -0.25) is 9.78 Å². The second-order valence-corrected chi connectivity index (χ2v) is 5.48. The lowest BCUT2D eigenvalue weighted by atomic mass is 10.2. The summed E-state index contributed by atoms with van der Waals surface area (Å²) in [7, 11) is 0. The number of anilines is 1. The van der Waals surface area contributed by atoms with E-state index in [0.29, 0.717) is 27.8 Å². The first-order valence-electron chi connectivity index (χ1n) is 6.37. The third kappa shape index (κ3) is 2.78. The van der Waals surface area contributed by atoms with Crippen LogP contribution in [0.4, 0.5) is 5.69 Å². The smallest absolute Gasteiger partial charge is 0.257 e. The average Bonchev–Trinajstić information content (AvgIpc) is 2.72. The zero-order valence-corrected chi connectivity index (χ0v) is 12.3. The molecule has 0 radical (unpaired) electrons. The van der Waals surface area contributed by atoms with Gasteiger partial charge in [-0.1, -0.05) is 11.6 Å². The third-order valence-electron chi connectivity index (χ3n) is 2.93. The van der Waals surface area contributed by atoms with E-state index in [2.05, 4.69) is 10.3 Å². The van der Waals surface area contributed by atoms with Crippen LogP contribution in [0.15, 0.2) is 36.7 Å². The monoisotopic (exact) mass is 304 g/mol. The summed E-state index contributed by atoms with van der Waals surface area (Å²) < 4.78 is 11.2. The molecule has 2 heterocycles. The van der Waals surface area contributed by atoms with Crippen LogP contribution in [-0.4, -0.2) is 16.7 Å². The molecule has 0 spiro atoms. The van der Waals surface area contributed by atoms with Gasteiger partial charge in [0.05, 0.1) is 10.6 Å². The molecule has 1 amide bonds. The Morgan fingerprint density at radius 3 is 2.76 bits per heavy atom. The molecule has 3 rings (SSSR count). The van der Waals surface area contributed by atoms with Crippen LogP contribution < -0.4 is 14.8 Å². The first-order valence-corrected chi connectivity index (χ1v) is 6.75. The van der Waals surface area contributed by atoms with E-state index >= 15 is 0 Å². The summed E-state index contributed by atoms with van der Waals surface area (Å²) >= 11 is 5.95. The van der Waals surface area contributed by atoms with Crippen molar-refractivity contribution in [1.29, 1.82) is 0 Å². The number of benzene rings is 1. The van der Waals surface area contributed by atoms with E-state index in [0.717, 1.165) is 0 Å². The Hall–Kier alpha value is -2.27. The minimum absolute atomic E-state index is 0.303. The molecule has 0 aliphatic carbocycles. The van der Waals surface area contributed by atoms with Crippen LogP contribution in [0, 0.1) is 0 Å². The number of fused-ring (bicyclic) bond motifs is 1. The standard InChI is InChI=1S/C15H13ClN2O3/c1-15(2)20-12-4-3-9(7-13(12)21-15)18-14(19)10-5-6-17-8-11(10)16/h3-8H,1-2H3,(H,18,19). The number of nitrogens with one attached hydrogen (secondary N) is 1. The number of pyridine rings is 1. The van der Waals surface area contributed by atoms with Gasteiger partial charge < -0.3 is 14.8 Å². The Morgan fingerprint density at radius 1 is 1.24 bits per heavy atom.